The van der Waals surface area contributed by atoms with Crippen molar-refractivity contribution in [3.05, 3.63) is 70.3 Å². The zero-order chi connectivity index (χ0) is 17.5. The maximum atomic E-state index is 4.47. The van der Waals surface area contributed by atoms with E-state index in [1.807, 2.05) is 31.2 Å². The molecule has 25 heavy (non-hydrogen) atoms. The fourth-order valence-corrected chi connectivity index (χ4v) is 2.96. The molecule has 2 aromatic carbocycles. The van der Waals surface area contributed by atoms with Gasteiger partial charge in [0.05, 0.1) is 6.20 Å². The van der Waals surface area contributed by atoms with Gasteiger partial charge >= 0.3 is 0 Å². The zero-order valence-corrected chi connectivity index (χ0v) is 15.6. The topological polar surface area (TPSA) is 62.7 Å². The van der Waals surface area contributed by atoms with Crippen LogP contribution in [0.25, 0.3) is 0 Å². The van der Waals surface area contributed by atoms with Crippen molar-refractivity contribution in [1.82, 2.24) is 15.2 Å². The Kier molecular flexibility index (Phi) is 5.95. The molecule has 5 nitrogen and oxygen atoms in total. The molecular formula is C19H20BrN5. The van der Waals surface area contributed by atoms with Crippen molar-refractivity contribution in [2.75, 3.05) is 17.2 Å². The summed E-state index contributed by atoms with van der Waals surface area (Å²) < 4.78 is 1.04. The molecule has 0 spiro atoms. The summed E-state index contributed by atoms with van der Waals surface area (Å²) in [6, 6.07) is 16.5. The molecule has 0 aliphatic heterocycles. The smallest absolute Gasteiger partial charge is 0.249 e. The Morgan fingerprint density at radius 1 is 1.08 bits per heavy atom. The molecule has 0 unspecified atom stereocenters. The number of rotatable bonds is 7. The Morgan fingerprint density at radius 3 is 2.72 bits per heavy atom. The molecule has 0 aliphatic carbocycles. The van der Waals surface area contributed by atoms with Crippen LogP contribution in [0.2, 0.25) is 0 Å². The van der Waals surface area contributed by atoms with E-state index in [1.54, 1.807) is 6.20 Å². The number of hydrogen-bond acceptors (Lipinski definition) is 5. The van der Waals surface area contributed by atoms with Crippen molar-refractivity contribution < 1.29 is 0 Å². The fourth-order valence-electron chi connectivity index (χ4n) is 2.48. The molecule has 0 fully saturated rings. The highest BCUT2D eigenvalue weighted by molar-refractivity contribution is 9.10. The Morgan fingerprint density at radius 2 is 1.92 bits per heavy atom. The third-order valence-corrected chi connectivity index (χ3v) is 4.28. The zero-order valence-electron chi connectivity index (χ0n) is 14.0. The van der Waals surface area contributed by atoms with Gasteiger partial charge in [-0.1, -0.05) is 46.3 Å². The molecule has 3 rings (SSSR count). The van der Waals surface area contributed by atoms with Crippen LogP contribution in [-0.2, 0) is 6.42 Å². The standard InChI is InChI=1S/C19H20BrN5/c1-14-12-16(20)9-10-17(14)23-19-24-18(13-22-25-19)21-11-5-8-15-6-3-2-4-7-15/h2-4,6-7,9-10,12-13H,5,8,11H2,1H3,(H2,21,23,24,25). The quantitative estimate of drug-likeness (QED) is 0.564. The minimum absolute atomic E-state index is 0.485. The average molecular weight is 398 g/mol. The molecule has 128 valence electrons. The van der Waals surface area contributed by atoms with E-state index in [2.05, 4.69) is 66.0 Å². The molecule has 0 aliphatic rings. The van der Waals surface area contributed by atoms with Gasteiger partial charge in [-0.2, -0.15) is 10.1 Å². The molecule has 0 amide bonds. The molecule has 2 N–H and O–H groups in total. The number of anilines is 3. The largest absolute Gasteiger partial charge is 0.369 e. The molecule has 6 heteroatoms. The fraction of sp³-hybridized carbons (Fsp3) is 0.211. The first-order valence-electron chi connectivity index (χ1n) is 8.21. The van der Waals surface area contributed by atoms with Gasteiger partial charge in [0.1, 0.15) is 0 Å². The lowest BCUT2D eigenvalue weighted by Crippen LogP contribution is -2.08. The van der Waals surface area contributed by atoms with Crippen LogP contribution in [0.4, 0.5) is 17.5 Å². The van der Waals surface area contributed by atoms with E-state index in [1.165, 1.54) is 5.56 Å². The molecule has 1 heterocycles. The molecule has 3 aromatic rings. The van der Waals surface area contributed by atoms with Gasteiger partial charge in [-0.25, -0.2) is 0 Å². The van der Waals surface area contributed by atoms with Gasteiger partial charge in [-0.05, 0) is 49.1 Å². The number of benzene rings is 2. The van der Waals surface area contributed by atoms with Crippen LogP contribution in [0.1, 0.15) is 17.5 Å². The van der Waals surface area contributed by atoms with Crippen molar-refractivity contribution in [3.8, 4) is 0 Å². The summed E-state index contributed by atoms with van der Waals surface area (Å²) in [4.78, 5) is 4.47. The van der Waals surface area contributed by atoms with Crippen LogP contribution in [0.15, 0.2) is 59.2 Å². The number of hydrogen-bond donors (Lipinski definition) is 2. The maximum Gasteiger partial charge on any atom is 0.249 e. The Labute approximate surface area is 156 Å². The van der Waals surface area contributed by atoms with Gasteiger partial charge in [-0.3, -0.25) is 0 Å². The minimum Gasteiger partial charge on any atom is -0.369 e. The monoisotopic (exact) mass is 397 g/mol. The summed E-state index contributed by atoms with van der Waals surface area (Å²) in [5.41, 5.74) is 3.42. The summed E-state index contributed by atoms with van der Waals surface area (Å²) in [6.07, 6.45) is 3.71. The SMILES string of the molecule is Cc1cc(Br)ccc1Nc1nncc(NCCCc2ccccc2)n1. The predicted molar refractivity (Wildman–Crippen MR) is 105 cm³/mol. The van der Waals surface area contributed by atoms with Crippen molar-refractivity contribution in [2.24, 2.45) is 0 Å². The van der Waals surface area contributed by atoms with Crippen LogP contribution in [0.5, 0.6) is 0 Å². The van der Waals surface area contributed by atoms with E-state index in [4.69, 9.17) is 0 Å². The summed E-state index contributed by atoms with van der Waals surface area (Å²) in [7, 11) is 0. The lowest BCUT2D eigenvalue weighted by molar-refractivity contribution is 0.853. The molecule has 0 saturated heterocycles. The highest BCUT2D eigenvalue weighted by Crippen LogP contribution is 2.22. The second-order valence-electron chi connectivity index (χ2n) is 5.77. The normalized spacial score (nSPS) is 10.5. The van der Waals surface area contributed by atoms with Crippen LogP contribution in [0, 0.1) is 6.92 Å². The van der Waals surface area contributed by atoms with Crippen LogP contribution in [0.3, 0.4) is 0 Å². The van der Waals surface area contributed by atoms with E-state index >= 15 is 0 Å². The third kappa shape index (κ3) is 5.26. The molecule has 0 atom stereocenters. The van der Waals surface area contributed by atoms with Crippen molar-refractivity contribution in [2.45, 2.75) is 19.8 Å². The number of aryl methyl sites for hydroxylation is 2. The Bertz CT molecular complexity index is 823. The van der Waals surface area contributed by atoms with E-state index in [0.717, 1.165) is 40.9 Å². The Balaban J connectivity index is 1.54. The number of nitrogens with zero attached hydrogens (tertiary/aromatic N) is 3. The van der Waals surface area contributed by atoms with Gasteiger partial charge in [0.2, 0.25) is 5.95 Å². The summed E-state index contributed by atoms with van der Waals surface area (Å²) in [6.45, 7) is 2.87. The van der Waals surface area contributed by atoms with Gasteiger partial charge < -0.3 is 10.6 Å². The summed E-state index contributed by atoms with van der Waals surface area (Å²) in [5.74, 6) is 1.21. The second-order valence-corrected chi connectivity index (χ2v) is 6.68. The van der Waals surface area contributed by atoms with E-state index in [-0.39, 0.29) is 0 Å². The summed E-state index contributed by atoms with van der Waals surface area (Å²) >= 11 is 3.46. The van der Waals surface area contributed by atoms with Gasteiger partial charge in [0.25, 0.3) is 0 Å². The second kappa shape index (κ2) is 8.58. The third-order valence-electron chi connectivity index (χ3n) is 3.78. The van der Waals surface area contributed by atoms with Crippen molar-refractivity contribution in [3.63, 3.8) is 0 Å². The van der Waals surface area contributed by atoms with Crippen LogP contribution >= 0.6 is 15.9 Å². The maximum absolute atomic E-state index is 4.47. The van der Waals surface area contributed by atoms with Crippen molar-refractivity contribution in [1.29, 1.82) is 0 Å². The summed E-state index contributed by atoms with van der Waals surface area (Å²) in [5, 5.41) is 14.6. The number of nitrogens with one attached hydrogen (secondary N) is 2. The molecule has 0 bridgehead atoms. The molecular weight excluding hydrogens is 378 g/mol. The van der Waals surface area contributed by atoms with E-state index in [9.17, 15) is 0 Å². The number of aromatic nitrogens is 3. The molecule has 1 aromatic heterocycles. The predicted octanol–water partition coefficient (Wildman–Crippen LogP) is 4.73. The molecule has 0 radical (unpaired) electrons. The first kappa shape index (κ1) is 17.4. The lowest BCUT2D eigenvalue weighted by atomic mass is 10.1. The first-order valence-corrected chi connectivity index (χ1v) is 9.01. The van der Waals surface area contributed by atoms with Gasteiger partial charge in [0.15, 0.2) is 5.82 Å². The van der Waals surface area contributed by atoms with Crippen LogP contribution in [-0.4, -0.2) is 21.7 Å². The van der Waals surface area contributed by atoms with Gasteiger partial charge in [-0.15, -0.1) is 5.10 Å². The van der Waals surface area contributed by atoms with Crippen molar-refractivity contribution >= 4 is 33.4 Å². The minimum atomic E-state index is 0.485. The van der Waals surface area contributed by atoms with E-state index < -0.39 is 0 Å². The lowest BCUT2D eigenvalue weighted by Gasteiger charge is -2.10. The first-order chi connectivity index (χ1) is 12.2. The van der Waals surface area contributed by atoms with Gasteiger partial charge in [0, 0.05) is 16.7 Å². The molecule has 0 saturated carbocycles. The highest BCUT2D eigenvalue weighted by Gasteiger charge is 2.04. The number of halogens is 1. The highest BCUT2D eigenvalue weighted by atomic mass is 79.9. The Hall–Kier alpha value is -2.47. The average Bonchev–Trinajstić information content (AvgIpc) is 2.62. The van der Waals surface area contributed by atoms with Crippen LogP contribution < -0.4 is 10.6 Å². The van der Waals surface area contributed by atoms with E-state index in [0.29, 0.717) is 5.95 Å².